The van der Waals surface area contributed by atoms with Gasteiger partial charge >= 0.3 is 0 Å². The van der Waals surface area contributed by atoms with Crippen molar-refractivity contribution in [1.82, 2.24) is 4.90 Å². The number of hydrogen-bond acceptors (Lipinski definition) is 3. The van der Waals surface area contributed by atoms with Gasteiger partial charge in [-0.3, -0.25) is 0 Å². The van der Waals surface area contributed by atoms with Crippen molar-refractivity contribution >= 4 is 0 Å². The first-order valence-corrected chi connectivity index (χ1v) is 9.73. The summed E-state index contributed by atoms with van der Waals surface area (Å²) >= 11 is 0. The molecular weight excluding hydrogens is 286 g/mol. The number of aliphatic hydroxyl groups excluding tert-OH is 2. The fraction of sp³-hybridized carbons (Fsp3) is 0.900. The van der Waals surface area contributed by atoms with Crippen molar-refractivity contribution in [3.8, 4) is 0 Å². The first kappa shape index (κ1) is 19.0. The Hall–Kier alpha value is -0.380. The van der Waals surface area contributed by atoms with Gasteiger partial charge in [-0.2, -0.15) is 0 Å². The average molecular weight is 324 g/mol. The Morgan fingerprint density at radius 2 is 2.00 bits per heavy atom. The minimum absolute atomic E-state index is 0.106. The number of rotatable bonds is 10. The van der Waals surface area contributed by atoms with Crippen LogP contribution in [0, 0.1) is 17.8 Å². The molecule has 2 aliphatic carbocycles. The summed E-state index contributed by atoms with van der Waals surface area (Å²) in [5.41, 5.74) is 1.59. The van der Waals surface area contributed by atoms with Gasteiger partial charge in [-0.15, -0.1) is 0 Å². The predicted octanol–water partition coefficient (Wildman–Crippen LogP) is 3.60. The molecule has 1 fully saturated rings. The molecule has 0 aromatic rings. The van der Waals surface area contributed by atoms with Crippen LogP contribution in [-0.2, 0) is 0 Å². The average Bonchev–Trinajstić information content (AvgIpc) is 2.99. The van der Waals surface area contributed by atoms with E-state index in [0.717, 1.165) is 32.1 Å². The lowest BCUT2D eigenvalue weighted by Gasteiger charge is -2.27. The van der Waals surface area contributed by atoms with E-state index in [9.17, 15) is 10.2 Å². The lowest BCUT2D eigenvalue weighted by Crippen LogP contribution is -2.32. The molecule has 1 saturated carbocycles. The molecule has 2 aliphatic rings. The van der Waals surface area contributed by atoms with Gasteiger partial charge in [-0.25, -0.2) is 0 Å². The van der Waals surface area contributed by atoms with Gasteiger partial charge in [0.2, 0.25) is 0 Å². The molecule has 23 heavy (non-hydrogen) atoms. The first-order valence-electron chi connectivity index (χ1n) is 9.73. The second-order valence-electron chi connectivity index (χ2n) is 8.06. The molecule has 2 N–H and O–H groups in total. The van der Waals surface area contributed by atoms with Crippen molar-refractivity contribution in [1.29, 1.82) is 0 Å². The summed E-state index contributed by atoms with van der Waals surface area (Å²) < 4.78 is 0. The maximum Gasteiger partial charge on any atom is 0.0601 e. The van der Waals surface area contributed by atoms with Crippen LogP contribution < -0.4 is 0 Å². The third kappa shape index (κ3) is 5.30. The van der Waals surface area contributed by atoms with Gasteiger partial charge in [0.1, 0.15) is 0 Å². The smallest absolute Gasteiger partial charge is 0.0601 e. The van der Waals surface area contributed by atoms with E-state index in [1.807, 2.05) is 0 Å². The maximum absolute atomic E-state index is 10.5. The van der Waals surface area contributed by atoms with Crippen LogP contribution in [0.5, 0.6) is 0 Å². The number of aliphatic hydroxyl groups is 2. The molecule has 0 aromatic carbocycles. The fourth-order valence-electron chi connectivity index (χ4n) is 4.62. The minimum atomic E-state index is -0.312. The number of allylic oxidation sites excluding steroid dienone is 2. The first-order chi connectivity index (χ1) is 11.0. The Balaban J connectivity index is 1.76. The summed E-state index contributed by atoms with van der Waals surface area (Å²) in [6, 6.07) is 0. The van der Waals surface area contributed by atoms with Gasteiger partial charge in [0.25, 0.3) is 0 Å². The topological polar surface area (TPSA) is 43.7 Å². The summed E-state index contributed by atoms with van der Waals surface area (Å²) in [7, 11) is 4.27. The summed E-state index contributed by atoms with van der Waals surface area (Å²) in [5.74, 6) is 1.12. The zero-order chi connectivity index (χ0) is 16.8. The Kier molecular flexibility index (Phi) is 7.58. The molecule has 0 unspecified atom stereocenters. The van der Waals surface area contributed by atoms with Gasteiger partial charge in [0.05, 0.1) is 12.2 Å². The van der Waals surface area contributed by atoms with E-state index in [-0.39, 0.29) is 18.1 Å². The monoisotopic (exact) mass is 323 g/mol. The fourth-order valence-corrected chi connectivity index (χ4v) is 4.62. The quantitative estimate of drug-likeness (QED) is 0.477. The molecule has 0 amide bonds. The van der Waals surface area contributed by atoms with Crippen LogP contribution in [0.25, 0.3) is 0 Å². The summed E-state index contributed by atoms with van der Waals surface area (Å²) in [6.45, 7) is 3.34. The predicted molar refractivity (Wildman–Crippen MR) is 96.3 cm³/mol. The van der Waals surface area contributed by atoms with Gasteiger partial charge in [-0.05, 0) is 71.0 Å². The van der Waals surface area contributed by atoms with E-state index in [1.165, 1.54) is 32.2 Å². The van der Waals surface area contributed by atoms with Crippen molar-refractivity contribution in [2.24, 2.45) is 17.8 Å². The highest BCUT2D eigenvalue weighted by molar-refractivity contribution is 5.19. The maximum atomic E-state index is 10.5. The van der Waals surface area contributed by atoms with E-state index in [2.05, 4.69) is 32.0 Å². The Morgan fingerprint density at radius 1 is 1.22 bits per heavy atom. The second-order valence-corrected chi connectivity index (χ2v) is 8.06. The third-order valence-corrected chi connectivity index (χ3v) is 5.85. The van der Waals surface area contributed by atoms with Crippen LogP contribution in [-0.4, -0.2) is 48.0 Å². The number of nitrogens with zero attached hydrogens (tertiary/aromatic N) is 1. The molecule has 2 rings (SSSR count). The van der Waals surface area contributed by atoms with Crippen molar-refractivity contribution < 1.29 is 10.2 Å². The minimum Gasteiger partial charge on any atom is -0.393 e. The summed E-state index contributed by atoms with van der Waals surface area (Å²) in [6.07, 6.45) is 11.9. The Morgan fingerprint density at radius 3 is 2.70 bits per heavy atom. The number of fused-ring (bicyclic) bond motifs is 1. The van der Waals surface area contributed by atoms with Crippen molar-refractivity contribution in [2.75, 3.05) is 20.6 Å². The van der Waals surface area contributed by atoms with E-state index in [4.69, 9.17) is 0 Å². The molecule has 0 aromatic heterocycles. The lowest BCUT2D eigenvalue weighted by atomic mass is 9.83. The molecule has 3 heteroatoms. The SMILES string of the molecule is CCCC[C@H](O)[C@@H]1[C@H]2CC(CCCCCN(C)C)=C[C@H]2C[C@H]1O. The normalized spacial score (nSPS) is 31.5. The van der Waals surface area contributed by atoms with Crippen LogP contribution in [0.2, 0.25) is 0 Å². The highest BCUT2D eigenvalue weighted by atomic mass is 16.3. The van der Waals surface area contributed by atoms with E-state index < -0.39 is 0 Å². The Bertz CT molecular complexity index is 380. The Labute approximate surface area is 142 Å². The van der Waals surface area contributed by atoms with Crippen LogP contribution in [0.1, 0.15) is 64.7 Å². The number of hydrogen-bond donors (Lipinski definition) is 2. The van der Waals surface area contributed by atoms with E-state index in [0.29, 0.717) is 11.8 Å². The van der Waals surface area contributed by atoms with Gasteiger partial charge in [0.15, 0.2) is 0 Å². The second kappa shape index (κ2) is 9.19. The molecule has 0 bridgehead atoms. The van der Waals surface area contributed by atoms with Gasteiger partial charge in [-0.1, -0.05) is 37.8 Å². The summed E-state index contributed by atoms with van der Waals surface area (Å²) in [4.78, 5) is 2.25. The molecular formula is C20H37NO2. The molecule has 0 saturated heterocycles. The summed E-state index contributed by atoms with van der Waals surface area (Å²) in [5, 5.41) is 20.8. The van der Waals surface area contributed by atoms with Crippen LogP contribution in [0.4, 0.5) is 0 Å². The van der Waals surface area contributed by atoms with Gasteiger partial charge in [0, 0.05) is 5.92 Å². The highest BCUT2D eigenvalue weighted by Crippen LogP contribution is 2.49. The third-order valence-electron chi connectivity index (χ3n) is 5.85. The van der Waals surface area contributed by atoms with Crippen LogP contribution >= 0.6 is 0 Å². The van der Waals surface area contributed by atoms with Crippen molar-refractivity contribution in [2.45, 2.75) is 76.9 Å². The zero-order valence-electron chi connectivity index (χ0n) is 15.4. The zero-order valence-corrected chi connectivity index (χ0v) is 15.4. The molecule has 0 spiro atoms. The van der Waals surface area contributed by atoms with Crippen molar-refractivity contribution in [3.05, 3.63) is 11.6 Å². The van der Waals surface area contributed by atoms with E-state index in [1.54, 1.807) is 5.57 Å². The van der Waals surface area contributed by atoms with Crippen LogP contribution in [0.15, 0.2) is 11.6 Å². The highest BCUT2D eigenvalue weighted by Gasteiger charge is 2.47. The molecule has 0 heterocycles. The van der Waals surface area contributed by atoms with Crippen molar-refractivity contribution in [3.63, 3.8) is 0 Å². The van der Waals surface area contributed by atoms with Gasteiger partial charge < -0.3 is 15.1 Å². The molecule has 5 atom stereocenters. The molecule has 134 valence electrons. The molecule has 3 nitrogen and oxygen atoms in total. The largest absolute Gasteiger partial charge is 0.393 e. The number of unbranched alkanes of at least 4 members (excludes halogenated alkanes) is 3. The van der Waals surface area contributed by atoms with E-state index >= 15 is 0 Å². The molecule has 0 aliphatic heterocycles. The lowest BCUT2D eigenvalue weighted by molar-refractivity contribution is 0.00685. The molecule has 0 radical (unpaired) electrons. The standard InChI is InChI=1S/C20H37NO2/c1-4-5-10-18(22)20-17-13-15(12-16(17)14-19(20)23)9-7-6-8-11-21(2)3/h12,16-20,22-23H,4-11,13-14H2,1-3H3/t16-,17-,18-,19+,20-/m0/s1. The van der Waals surface area contributed by atoms with Crippen LogP contribution in [0.3, 0.4) is 0 Å².